The van der Waals surface area contributed by atoms with Gasteiger partial charge < -0.3 is 0 Å². The molecular formula is C12H13NS. The quantitative estimate of drug-likeness (QED) is 0.627. The van der Waals surface area contributed by atoms with Crippen LogP contribution in [0.25, 0.3) is 11.6 Å². The minimum absolute atomic E-state index is 0.207. The molecule has 1 heterocycles. The molecule has 1 aliphatic rings. The third-order valence-corrected chi connectivity index (χ3v) is 2.64. The van der Waals surface area contributed by atoms with E-state index in [9.17, 15) is 0 Å². The van der Waals surface area contributed by atoms with Crippen molar-refractivity contribution in [3.05, 3.63) is 41.0 Å². The Morgan fingerprint density at radius 2 is 2.21 bits per heavy atom. The Bertz CT molecular complexity index is 497. The summed E-state index contributed by atoms with van der Waals surface area (Å²) in [5, 5.41) is 2.22. The lowest BCUT2D eigenvalue weighted by atomic mass is 10.1. The number of rotatable bonds is 0. The molecule has 0 saturated heterocycles. The molecule has 0 aromatic carbocycles. The third-order valence-electron chi connectivity index (χ3n) is 2.36. The van der Waals surface area contributed by atoms with Crippen molar-refractivity contribution in [1.82, 2.24) is 4.98 Å². The fraction of sp³-hybridized carbons (Fsp3) is 0.250. The first kappa shape index (κ1) is 9.53. The molecule has 1 atom stereocenters. The predicted octanol–water partition coefficient (Wildman–Crippen LogP) is 1.29. The fourth-order valence-corrected chi connectivity index (χ4v) is 1.77. The monoisotopic (exact) mass is 203 g/mol. The van der Waals surface area contributed by atoms with Gasteiger partial charge in [-0.3, -0.25) is 4.98 Å². The molecule has 0 radical (unpaired) electrons. The fourth-order valence-electron chi connectivity index (χ4n) is 1.57. The zero-order valence-corrected chi connectivity index (χ0v) is 9.25. The first-order valence-electron chi connectivity index (χ1n) is 4.65. The lowest BCUT2D eigenvalue weighted by Crippen LogP contribution is -2.30. The molecular weight excluding hydrogens is 190 g/mol. The van der Waals surface area contributed by atoms with E-state index in [2.05, 4.69) is 55.8 Å². The van der Waals surface area contributed by atoms with E-state index >= 15 is 0 Å². The van der Waals surface area contributed by atoms with Gasteiger partial charge in [0.2, 0.25) is 0 Å². The average molecular weight is 203 g/mol. The molecule has 0 spiro atoms. The van der Waals surface area contributed by atoms with Gasteiger partial charge in [0.25, 0.3) is 0 Å². The number of hydrogen-bond donors (Lipinski definition) is 1. The second-order valence-electron chi connectivity index (χ2n) is 3.82. The molecule has 14 heavy (non-hydrogen) atoms. The topological polar surface area (TPSA) is 12.9 Å². The Labute approximate surface area is 89.3 Å². The van der Waals surface area contributed by atoms with Crippen molar-refractivity contribution in [2.45, 2.75) is 18.6 Å². The van der Waals surface area contributed by atoms with Gasteiger partial charge >= 0.3 is 0 Å². The van der Waals surface area contributed by atoms with Gasteiger partial charge in [-0.05, 0) is 31.6 Å². The normalized spacial score (nSPS) is 25.2. The van der Waals surface area contributed by atoms with E-state index in [0.29, 0.717) is 0 Å². The molecule has 2 heteroatoms. The van der Waals surface area contributed by atoms with E-state index in [4.69, 9.17) is 0 Å². The molecule has 0 amide bonds. The highest BCUT2D eigenvalue weighted by Crippen LogP contribution is 2.18. The van der Waals surface area contributed by atoms with Gasteiger partial charge in [0, 0.05) is 16.2 Å². The van der Waals surface area contributed by atoms with Crippen LogP contribution in [0.15, 0.2) is 30.5 Å². The van der Waals surface area contributed by atoms with Gasteiger partial charge in [0.05, 0.1) is 5.35 Å². The zero-order chi connectivity index (χ0) is 10.2. The van der Waals surface area contributed by atoms with E-state index in [1.807, 2.05) is 12.3 Å². The summed E-state index contributed by atoms with van der Waals surface area (Å²) in [7, 11) is 0. The SMILES string of the molecule is CC1=c2cccnc2=CC(C)(S)C=C1. The van der Waals surface area contributed by atoms with Gasteiger partial charge in [0.15, 0.2) is 0 Å². The van der Waals surface area contributed by atoms with Gasteiger partial charge in [-0.15, -0.1) is 0 Å². The largest absolute Gasteiger partial charge is 0.257 e. The highest BCUT2D eigenvalue weighted by molar-refractivity contribution is 7.82. The van der Waals surface area contributed by atoms with Crippen molar-refractivity contribution >= 4 is 24.3 Å². The van der Waals surface area contributed by atoms with Crippen LogP contribution in [0.5, 0.6) is 0 Å². The standard InChI is InChI=1S/C12H13NS/c1-9-5-6-12(2,14)8-11-10(9)4-3-7-13-11/h3-8,14H,1-2H3. The van der Waals surface area contributed by atoms with E-state index in [-0.39, 0.29) is 4.75 Å². The summed E-state index contributed by atoms with van der Waals surface area (Å²) in [4.78, 5) is 4.36. The second kappa shape index (κ2) is 3.28. The van der Waals surface area contributed by atoms with Crippen molar-refractivity contribution in [3.8, 4) is 0 Å². The summed E-state index contributed by atoms with van der Waals surface area (Å²) in [6, 6.07) is 4.05. The predicted molar refractivity (Wildman–Crippen MR) is 63.6 cm³/mol. The van der Waals surface area contributed by atoms with Crippen LogP contribution in [0, 0.1) is 0 Å². The van der Waals surface area contributed by atoms with E-state index < -0.39 is 0 Å². The molecule has 1 unspecified atom stereocenters. The first-order valence-corrected chi connectivity index (χ1v) is 5.10. The van der Waals surface area contributed by atoms with Crippen LogP contribution in [0.1, 0.15) is 13.8 Å². The van der Waals surface area contributed by atoms with Crippen LogP contribution >= 0.6 is 12.6 Å². The maximum absolute atomic E-state index is 4.56. The number of nitrogens with zero attached hydrogens (tertiary/aromatic N) is 1. The number of hydrogen-bond acceptors (Lipinski definition) is 2. The van der Waals surface area contributed by atoms with Crippen molar-refractivity contribution in [2.75, 3.05) is 0 Å². The van der Waals surface area contributed by atoms with Crippen LogP contribution in [0.3, 0.4) is 0 Å². The average Bonchev–Trinajstić information content (AvgIpc) is 2.25. The summed E-state index contributed by atoms with van der Waals surface area (Å²) in [5.41, 5.74) is 1.24. The molecule has 1 aromatic rings. The Morgan fingerprint density at radius 3 is 3.00 bits per heavy atom. The van der Waals surface area contributed by atoms with Gasteiger partial charge in [-0.25, -0.2) is 0 Å². The van der Waals surface area contributed by atoms with E-state index in [1.54, 1.807) is 0 Å². The summed E-state index contributed by atoms with van der Waals surface area (Å²) in [6.45, 7) is 4.16. The van der Waals surface area contributed by atoms with Crippen LogP contribution in [0.4, 0.5) is 0 Å². The van der Waals surface area contributed by atoms with Crippen LogP contribution < -0.4 is 10.6 Å². The molecule has 1 aliphatic carbocycles. The Balaban J connectivity index is 2.86. The van der Waals surface area contributed by atoms with Crippen LogP contribution in [-0.4, -0.2) is 9.73 Å². The first-order chi connectivity index (χ1) is 6.58. The number of fused-ring (bicyclic) bond motifs is 1. The molecule has 0 fully saturated rings. The Morgan fingerprint density at radius 1 is 1.43 bits per heavy atom. The summed E-state index contributed by atoms with van der Waals surface area (Å²) in [6.07, 6.45) is 8.10. The summed E-state index contributed by atoms with van der Waals surface area (Å²) >= 11 is 4.56. The lowest BCUT2D eigenvalue weighted by molar-refractivity contribution is 1.06. The minimum atomic E-state index is -0.207. The maximum atomic E-state index is 4.56. The number of thiol groups is 1. The minimum Gasteiger partial charge on any atom is -0.257 e. The smallest absolute Gasteiger partial charge is 0.0681 e. The third kappa shape index (κ3) is 1.75. The van der Waals surface area contributed by atoms with E-state index in [0.717, 1.165) is 5.35 Å². The number of pyridine rings is 1. The van der Waals surface area contributed by atoms with Gasteiger partial charge in [-0.2, -0.15) is 12.6 Å². The van der Waals surface area contributed by atoms with Crippen molar-refractivity contribution in [2.24, 2.45) is 0 Å². The summed E-state index contributed by atoms with van der Waals surface area (Å²) < 4.78 is -0.207. The second-order valence-corrected chi connectivity index (χ2v) is 4.79. The van der Waals surface area contributed by atoms with Gasteiger partial charge in [0.1, 0.15) is 0 Å². The maximum Gasteiger partial charge on any atom is 0.0681 e. The number of allylic oxidation sites excluding steroid dienone is 1. The van der Waals surface area contributed by atoms with Crippen molar-refractivity contribution < 1.29 is 0 Å². The molecule has 0 aliphatic heterocycles. The van der Waals surface area contributed by atoms with Crippen LogP contribution in [0.2, 0.25) is 0 Å². The van der Waals surface area contributed by atoms with Gasteiger partial charge in [-0.1, -0.05) is 18.2 Å². The Kier molecular flexibility index (Phi) is 2.23. The molecule has 1 nitrogen and oxygen atoms in total. The Hall–Kier alpha value is -1.02. The summed E-state index contributed by atoms with van der Waals surface area (Å²) in [5.74, 6) is 0. The zero-order valence-electron chi connectivity index (χ0n) is 8.36. The molecule has 2 rings (SSSR count). The number of aromatic nitrogens is 1. The van der Waals surface area contributed by atoms with Crippen molar-refractivity contribution in [3.63, 3.8) is 0 Å². The molecule has 72 valence electrons. The highest BCUT2D eigenvalue weighted by Gasteiger charge is 2.12. The highest BCUT2D eigenvalue weighted by atomic mass is 32.1. The molecule has 0 saturated carbocycles. The molecule has 1 aromatic heterocycles. The van der Waals surface area contributed by atoms with Crippen LogP contribution in [-0.2, 0) is 0 Å². The van der Waals surface area contributed by atoms with Crippen molar-refractivity contribution in [1.29, 1.82) is 0 Å². The molecule has 0 N–H and O–H groups in total. The van der Waals surface area contributed by atoms with E-state index in [1.165, 1.54) is 10.8 Å². The lowest BCUT2D eigenvalue weighted by Gasteiger charge is -2.11. The molecule has 0 bridgehead atoms.